The lowest BCUT2D eigenvalue weighted by Crippen LogP contribution is -2.49. The Kier molecular flexibility index (Phi) is 7.04. The van der Waals surface area contributed by atoms with Crippen molar-refractivity contribution in [3.05, 3.63) is 41.5 Å². The Labute approximate surface area is 198 Å². The van der Waals surface area contributed by atoms with Gasteiger partial charge in [-0.1, -0.05) is 37.1 Å². The van der Waals surface area contributed by atoms with Crippen molar-refractivity contribution in [2.24, 2.45) is 18.9 Å². The molecule has 0 radical (unpaired) electrons. The first-order valence-electron chi connectivity index (χ1n) is 11.7. The molecule has 2 amide bonds. The van der Waals surface area contributed by atoms with Crippen LogP contribution in [0.5, 0.6) is 0 Å². The molecule has 10 nitrogen and oxygen atoms in total. The fourth-order valence-electron chi connectivity index (χ4n) is 4.60. The Hall–Kier alpha value is -3.56. The average Bonchev–Trinajstić information content (AvgIpc) is 3.45. The van der Waals surface area contributed by atoms with Gasteiger partial charge in [-0.05, 0) is 50.2 Å². The third-order valence-electron chi connectivity index (χ3n) is 6.61. The molecule has 1 atom stereocenters. The van der Waals surface area contributed by atoms with Crippen LogP contribution in [-0.4, -0.2) is 43.0 Å². The molecule has 1 aliphatic rings. The van der Waals surface area contributed by atoms with Gasteiger partial charge in [0.1, 0.15) is 23.7 Å². The van der Waals surface area contributed by atoms with Crippen molar-refractivity contribution in [3.63, 3.8) is 0 Å². The van der Waals surface area contributed by atoms with Gasteiger partial charge in [0.15, 0.2) is 0 Å². The smallest absolute Gasteiger partial charge is 0.257 e. The van der Waals surface area contributed by atoms with Gasteiger partial charge in [-0.25, -0.2) is 9.67 Å². The van der Waals surface area contributed by atoms with Crippen molar-refractivity contribution in [2.75, 3.05) is 5.32 Å². The van der Waals surface area contributed by atoms with E-state index in [-0.39, 0.29) is 17.7 Å². The summed E-state index contributed by atoms with van der Waals surface area (Å²) in [5.41, 5.74) is 3.47. The molecule has 0 bridgehead atoms. The second-order valence-electron chi connectivity index (χ2n) is 9.07. The summed E-state index contributed by atoms with van der Waals surface area (Å²) >= 11 is 0. The molecule has 1 aliphatic carbocycles. The third kappa shape index (κ3) is 5.00. The maximum Gasteiger partial charge on any atom is 0.257 e. The maximum absolute atomic E-state index is 13.3. The summed E-state index contributed by atoms with van der Waals surface area (Å²) in [7, 11) is 1.82. The van der Waals surface area contributed by atoms with E-state index in [0.717, 1.165) is 42.6 Å². The number of aromatic nitrogens is 5. The van der Waals surface area contributed by atoms with Crippen molar-refractivity contribution < 1.29 is 14.1 Å². The maximum atomic E-state index is 13.3. The summed E-state index contributed by atoms with van der Waals surface area (Å²) in [6.45, 7) is 6.01. The zero-order chi connectivity index (χ0) is 24.2. The topological polar surface area (TPSA) is 128 Å². The van der Waals surface area contributed by atoms with E-state index in [1.807, 2.05) is 27.0 Å². The van der Waals surface area contributed by atoms with E-state index in [2.05, 4.69) is 38.0 Å². The predicted molar refractivity (Wildman–Crippen MR) is 126 cm³/mol. The summed E-state index contributed by atoms with van der Waals surface area (Å²) in [4.78, 5) is 30.7. The third-order valence-corrected chi connectivity index (χ3v) is 6.61. The Bertz CT molecular complexity index is 1120. The van der Waals surface area contributed by atoms with Gasteiger partial charge in [0.2, 0.25) is 5.91 Å². The molecular weight excluding hydrogens is 434 g/mol. The summed E-state index contributed by atoms with van der Waals surface area (Å²) in [6.07, 6.45) is 7.40. The summed E-state index contributed by atoms with van der Waals surface area (Å²) in [5.74, 6) is 0.469. The molecule has 180 valence electrons. The number of nitrogens with zero attached hydrogens (tertiary/aromatic N) is 5. The zero-order valence-electron chi connectivity index (χ0n) is 20.0. The standard InChI is InChI=1S/C24H31N7O3/c1-5-19-18(13-34-29-19)23(32)27-21(16-8-6-14(2)7-9-16)24(33)26-20-11-10-17(12-25-20)22-15(3)28-30-31(22)4/h10-14,16,21H,5-9H2,1-4H3,(H,27,32)(H,25,26,33). The van der Waals surface area contributed by atoms with Crippen LogP contribution < -0.4 is 10.6 Å². The van der Waals surface area contributed by atoms with Gasteiger partial charge in [-0.15, -0.1) is 5.10 Å². The lowest BCUT2D eigenvalue weighted by atomic mass is 9.79. The lowest BCUT2D eigenvalue weighted by molar-refractivity contribution is -0.119. The first-order valence-corrected chi connectivity index (χ1v) is 11.7. The largest absolute Gasteiger partial charge is 0.364 e. The monoisotopic (exact) mass is 465 g/mol. The number of nitrogens with one attached hydrogen (secondary N) is 2. The van der Waals surface area contributed by atoms with Gasteiger partial charge >= 0.3 is 0 Å². The molecule has 1 saturated carbocycles. The summed E-state index contributed by atoms with van der Waals surface area (Å²) < 4.78 is 6.67. The number of aryl methyl sites for hydroxylation is 3. The molecule has 0 aliphatic heterocycles. The van der Waals surface area contributed by atoms with E-state index in [1.165, 1.54) is 6.26 Å². The second-order valence-corrected chi connectivity index (χ2v) is 9.07. The highest BCUT2D eigenvalue weighted by Gasteiger charge is 2.33. The van der Waals surface area contributed by atoms with E-state index < -0.39 is 6.04 Å². The molecule has 0 aromatic carbocycles. The van der Waals surface area contributed by atoms with Crippen LogP contribution in [0.4, 0.5) is 5.82 Å². The minimum Gasteiger partial charge on any atom is -0.364 e. The van der Waals surface area contributed by atoms with Gasteiger partial charge in [-0.3, -0.25) is 9.59 Å². The van der Waals surface area contributed by atoms with E-state index in [4.69, 9.17) is 4.52 Å². The normalized spacial score (nSPS) is 18.9. The minimum atomic E-state index is -0.676. The van der Waals surface area contributed by atoms with Gasteiger partial charge in [-0.2, -0.15) is 0 Å². The number of anilines is 1. The van der Waals surface area contributed by atoms with E-state index in [1.54, 1.807) is 16.9 Å². The molecule has 3 heterocycles. The second kappa shape index (κ2) is 10.1. The number of carbonyl (C=O) groups is 2. The minimum absolute atomic E-state index is 0.0486. The van der Waals surface area contributed by atoms with Gasteiger partial charge < -0.3 is 15.2 Å². The fourth-order valence-corrected chi connectivity index (χ4v) is 4.60. The average molecular weight is 466 g/mol. The van der Waals surface area contributed by atoms with Crippen LogP contribution in [-0.2, 0) is 18.3 Å². The fraction of sp³-hybridized carbons (Fsp3) is 0.500. The Morgan fingerprint density at radius 2 is 2.00 bits per heavy atom. The Morgan fingerprint density at radius 3 is 2.62 bits per heavy atom. The highest BCUT2D eigenvalue weighted by Crippen LogP contribution is 2.31. The highest BCUT2D eigenvalue weighted by molar-refractivity contribution is 6.01. The molecule has 34 heavy (non-hydrogen) atoms. The molecule has 3 aromatic rings. The number of hydrogen-bond donors (Lipinski definition) is 2. The lowest BCUT2D eigenvalue weighted by Gasteiger charge is -2.32. The summed E-state index contributed by atoms with van der Waals surface area (Å²) in [6, 6.07) is 2.94. The van der Waals surface area contributed by atoms with Crippen molar-refractivity contribution in [2.45, 2.75) is 58.9 Å². The molecular formula is C24H31N7O3. The quantitative estimate of drug-likeness (QED) is 0.548. The van der Waals surface area contributed by atoms with Crippen LogP contribution in [0.3, 0.4) is 0 Å². The van der Waals surface area contributed by atoms with E-state index >= 15 is 0 Å². The van der Waals surface area contributed by atoms with Crippen LogP contribution in [0, 0.1) is 18.8 Å². The molecule has 0 saturated heterocycles. The van der Waals surface area contributed by atoms with Crippen LogP contribution in [0.1, 0.15) is 61.3 Å². The number of carbonyl (C=O) groups excluding carboxylic acids is 2. The van der Waals surface area contributed by atoms with Crippen LogP contribution in [0.25, 0.3) is 11.3 Å². The molecule has 3 aromatic heterocycles. The SMILES string of the molecule is CCc1nocc1C(=O)NC(C(=O)Nc1ccc(-c2c(C)nnn2C)cn1)C1CCC(C)CC1. The van der Waals surface area contributed by atoms with E-state index in [9.17, 15) is 9.59 Å². The van der Waals surface area contributed by atoms with Gasteiger partial charge in [0.25, 0.3) is 5.91 Å². The van der Waals surface area contributed by atoms with Crippen molar-refractivity contribution in [1.82, 2.24) is 30.5 Å². The van der Waals surface area contributed by atoms with Crippen molar-refractivity contribution in [1.29, 1.82) is 0 Å². The van der Waals surface area contributed by atoms with Crippen molar-refractivity contribution in [3.8, 4) is 11.3 Å². The number of pyridine rings is 1. The number of rotatable bonds is 7. The van der Waals surface area contributed by atoms with Gasteiger partial charge in [0, 0.05) is 18.8 Å². The molecule has 0 spiro atoms. The number of amides is 2. The number of hydrogen-bond acceptors (Lipinski definition) is 7. The van der Waals surface area contributed by atoms with Crippen LogP contribution in [0.2, 0.25) is 0 Å². The van der Waals surface area contributed by atoms with E-state index in [0.29, 0.717) is 29.4 Å². The first-order chi connectivity index (χ1) is 16.4. The predicted octanol–water partition coefficient (Wildman–Crippen LogP) is 3.30. The van der Waals surface area contributed by atoms with Crippen LogP contribution in [0.15, 0.2) is 29.1 Å². The molecule has 1 unspecified atom stereocenters. The molecule has 1 fully saturated rings. The Morgan fingerprint density at radius 1 is 1.24 bits per heavy atom. The molecule has 10 heteroatoms. The van der Waals surface area contributed by atoms with Crippen molar-refractivity contribution >= 4 is 17.6 Å². The first kappa shape index (κ1) is 23.6. The highest BCUT2D eigenvalue weighted by atomic mass is 16.5. The summed E-state index contributed by atoms with van der Waals surface area (Å²) in [5, 5.41) is 17.8. The molecule has 4 rings (SSSR count). The zero-order valence-corrected chi connectivity index (χ0v) is 20.0. The Balaban J connectivity index is 1.51. The van der Waals surface area contributed by atoms with Gasteiger partial charge in [0.05, 0.1) is 17.1 Å². The van der Waals surface area contributed by atoms with Crippen LogP contribution >= 0.6 is 0 Å². The molecule has 2 N–H and O–H groups in total.